The van der Waals surface area contributed by atoms with E-state index in [0.717, 1.165) is 21.3 Å². The van der Waals surface area contributed by atoms with Crippen LogP contribution in [-0.4, -0.2) is 79.4 Å². The van der Waals surface area contributed by atoms with Crippen molar-refractivity contribution in [2.75, 3.05) is 41.2 Å². The van der Waals surface area contributed by atoms with Crippen molar-refractivity contribution in [3.05, 3.63) is 128 Å². The highest BCUT2D eigenvalue weighted by Gasteiger charge is 2.61. The summed E-state index contributed by atoms with van der Waals surface area (Å²) in [5, 5.41) is 12.2. The highest BCUT2D eigenvalue weighted by Crippen LogP contribution is 2.45. The number of benzene rings is 3. The highest BCUT2D eigenvalue weighted by molar-refractivity contribution is 5.86. The summed E-state index contributed by atoms with van der Waals surface area (Å²) in [6.07, 6.45) is -2.69. The fourth-order valence-electron chi connectivity index (χ4n) is 6.07. The Kier molecular flexibility index (Phi) is 10.6. The van der Waals surface area contributed by atoms with Gasteiger partial charge in [0.2, 0.25) is 0 Å². The topological polar surface area (TPSA) is 148 Å². The first kappa shape index (κ1) is 34.7. The molecule has 12 heteroatoms. The Labute approximate surface area is 277 Å². The van der Waals surface area contributed by atoms with Gasteiger partial charge in [-0.05, 0) is 54.8 Å². The number of hydrogen-bond donors (Lipinski definition) is 2. The molecule has 1 fully saturated rings. The van der Waals surface area contributed by atoms with Gasteiger partial charge in [0.25, 0.3) is 5.56 Å². The number of Topliss-reactive ketones (excluding diaryl/α,β-unsaturated/α-hetero) is 1. The number of ether oxygens (including phenoxy) is 6. The maximum absolute atomic E-state index is 13.4. The van der Waals surface area contributed by atoms with Gasteiger partial charge in [-0.1, -0.05) is 54.6 Å². The minimum atomic E-state index is -2.27. The first-order chi connectivity index (χ1) is 23.1. The van der Waals surface area contributed by atoms with Crippen molar-refractivity contribution in [1.29, 1.82) is 0 Å². The zero-order chi connectivity index (χ0) is 34.5. The fraction of sp³-hybridized carbons (Fsp3) is 0.361. The first-order valence-corrected chi connectivity index (χ1v) is 15.4. The Morgan fingerprint density at radius 2 is 1.46 bits per heavy atom. The molecule has 2 heterocycles. The van der Waals surface area contributed by atoms with Crippen molar-refractivity contribution < 1.29 is 38.3 Å². The van der Waals surface area contributed by atoms with E-state index in [1.165, 1.54) is 27.2 Å². The molecule has 0 bridgehead atoms. The predicted octanol–water partition coefficient (Wildman–Crippen LogP) is 3.12. The van der Waals surface area contributed by atoms with Crippen LogP contribution in [0.3, 0.4) is 0 Å². The van der Waals surface area contributed by atoms with Crippen LogP contribution in [0.5, 0.6) is 11.5 Å². The summed E-state index contributed by atoms with van der Waals surface area (Å²) >= 11 is 0. The molecule has 4 aromatic rings. The van der Waals surface area contributed by atoms with Crippen molar-refractivity contribution in [3.8, 4) is 11.5 Å². The molecular weight excluding hydrogens is 620 g/mol. The molecule has 48 heavy (non-hydrogen) atoms. The Morgan fingerprint density at radius 1 is 0.896 bits per heavy atom. The second-order valence-electron chi connectivity index (χ2n) is 11.5. The van der Waals surface area contributed by atoms with E-state index in [1.54, 1.807) is 14.2 Å². The van der Waals surface area contributed by atoms with Crippen LogP contribution in [0.2, 0.25) is 0 Å². The Bertz CT molecular complexity index is 1760. The number of aromatic nitrogens is 2. The van der Waals surface area contributed by atoms with E-state index in [4.69, 9.17) is 28.4 Å². The van der Waals surface area contributed by atoms with E-state index in [0.29, 0.717) is 11.5 Å². The summed E-state index contributed by atoms with van der Waals surface area (Å²) in [4.78, 5) is 40.9. The lowest BCUT2D eigenvalue weighted by Crippen LogP contribution is -2.56. The van der Waals surface area contributed by atoms with E-state index in [-0.39, 0.29) is 25.4 Å². The van der Waals surface area contributed by atoms with Crippen molar-refractivity contribution >= 4 is 5.78 Å². The second kappa shape index (κ2) is 14.7. The SMILES string of the molecule is COCCO[C@H]1[C@H](n2cc(C)c(=O)[nH]c2=O)O[C@H](COC(c2ccccc2)(c2ccc(OC)cc2)c2ccc(OC)cc2)[C@]1(O)C(C)=O. The minimum Gasteiger partial charge on any atom is -0.497 e. The van der Waals surface area contributed by atoms with Crippen LogP contribution in [0, 0.1) is 6.92 Å². The summed E-state index contributed by atoms with van der Waals surface area (Å²) < 4.78 is 36.4. The number of nitrogens with one attached hydrogen (secondary N) is 1. The third-order valence-corrected chi connectivity index (χ3v) is 8.68. The van der Waals surface area contributed by atoms with Gasteiger partial charge in [0.1, 0.15) is 29.3 Å². The molecule has 1 aliphatic heterocycles. The molecule has 1 saturated heterocycles. The molecule has 0 aliphatic carbocycles. The number of carbonyl (C=O) groups excluding carboxylic acids is 1. The number of nitrogens with zero attached hydrogens (tertiary/aromatic N) is 1. The molecule has 12 nitrogen and oxygen atoms in total. The number of carbonyl (C=O) groups is 1. The first-order valence-electron chi connectivity index (χ1n) is 15.4. The number of rotatable bonds is 14. The molecule has 0 amide bonds. The van der Waals surface area contributed by atoms with Gasteiger partial charge in [-0.15, -0.1) is 0 Å². The molecule has 1 aliphatic rings. The summed E-state index contributed by atoms with van der Waals surface area (Å²) in [7, 11) is 4.64. The lowest BCUT2D eigenvalue weighted by molar-refractivity contribution is -0.163. The number of hydrogen-bond acceptors (Lipinski definition) is 10. The second-order valence-corrected chi connectivity index (χ2v) is 11.5. The molecule has 4 atom stereocenters. The van der Waals surface area contributed by atoms with Crippen LogP contribution in [-0.2, 0) is 29.3 Å². The van der Waals surface area contributed by atoms with Crippen molar-refractivity contribution in [2.45, 2.75) is 43.5 Å². The van der Waals surface area contributed by atoms with Crippen LogP contribution in [0.1, 0.15) is 35.4 Å². The van der Waals surface area contributed by atoms with E-state index < -0.39 is 46.7 Å². The Balaban J connectivity index is 1.65. The molecule has 2 N–H and O–H groups in total. The maximum atomic E-state index is 13.4. The van der Waals surface area contributed by atoms with Crippen LogP contribution in [0.4, 0.5) is 0 Å². The number of aliphatic hydroxyl groups is 1. The van der Waals surface area contributed by atoms with E-state index >= 15 is 0 Å². The number of aromatic amines is 1. The lowest BCUT2D eigenvalue weighted by Gasteiger charge is -2.38. The lowest BCUT2D eigenvalue weighted by atomic mass is 9.79. The third-order valence-electron chi connectivity index (χ3n) is 8.68. The summed E-state index contributed by atoms with van der Waals surface area (Å²) in [6, 6.07) is 24.3. The molecule has 0 radical (unpaired) electrons. The average molecular weight is 661 g/mol. The quantitative estimate of drug-likeness (QED) is 0.153. The average Bonchev–Trinajstić information content (AvgIpc) is 3.39. The predicted molar refractivity (Wildman–Crippen MR) is 175 cm³/mol. The number of aryl methyl sites for hydroxylation is 1. The van der Waals surface area contributed by atoms with Crippen molar-refractivity contribution in [2.24, 2.45) is 0 Å². The fourth-order valence-corrected chi connectivity index (χ4v) is 6.07. The summed E-state index contributed by atoms with van der Waals surface area (Å²) in [5.74, 6) is 0.622. The van der Waals surface area contributed by atoms with Gasteiger partial charge in [0, 0.05) is 18.9 Å². The maximum Gasteiger partial charge on any atom is 0.330 e. The van der Waals surface area contributed by atoms with Gasteiger partial charge in [-0.2, -0.15) is 0 Å². The molecule has 254 valence electrons. The van der Waals surface area contributed by atoms with Gasteiger partial charge in [-0.25, -0.2) is 4.79 Å². The zero-order valence-electron chi connectivity index (χ0n) is 27.5. The number of H-pyrrole nitrogens is 1. The standard InChI is InChI=1S/C36H40N2O10/c1-23-21-38(34(41)37-32(23)40)33-31(46-20-19-43-3)35(42,24(2)39)30(48-33)22-47-36(25-9-7-6-8-10-25,26-11-15-28(44-4)16-12-26)27-13-17-29(45-5)18-14-27/h6-18,21,30-31,33,42H,19-20,22H2,1-5H3,(H,37,40,41)/t30-,31+,33-,35-/m1/s1. The normalized spacial score (nSPS) is 20.8. The largest absolute Gasteiger partial charge is 0.497 e. The molecule has 5 rings (SSSR count). The smallest absolute Gasteiger partial charge is 0.330 e. The van der Waals surface area contributed by atoms with Crippen LogP contribution in [0.15, 0.2) is 94.6 Å². The van der Waals surface area contributed by atoms with E-state index in [9.17, 15) is 19.5 Å². The van der Waals surface area contributed by atoms with Crippen molar-refractivity contribution in [1.82, 2.24) is 9.55 Å². The van der Waals surface area contributed by atoms with Crippen molar-refractivity contribution in [3.63, 3.8) is 0 Å². The Hall–Kier alpha value is -4.59. The monoisotopic (exact) mass is 660 g/mol. The zero-order valence-corrected chi connectivity index (χ0v) is 27.5. The van der Waals surface area contributed by atoms with Gasteiger partial charge in [0.15, 0.2) is 17.6 Å². The Morgan fingerprint density at radius 3 is 1.98 bits per heavy atom. The van der Waals surface area contributed by atoms with Gasteiger partial charge >= 0.3 is 5.69 Å². The summed E-state index contributed by atoms with van der Waals surface area (Å²) in [6.45, 7) is 2.54. The van der Waals surface area contributed by atoms with Gasteiger partial charge in [0.05, 0.1) is 34.0 Å². The number of ketones is 1. The molecule has 1 aromatic heterocycles. The number of methoxy groups -OCH3 is 3. The molecule has 0 spiro atoms. The van der Waals surface area contributed by atoms with Gasteiger partial charge < -0.3 is 33.5 Å². The molecular formula is C36H40N2O10. The minimum absolute atomic E-state index is 0.0209. The van der Waals surface area contributed by atoms with Crippen LogP contribution in [0.25, 0.3) is 0 Å². The van der Waals surface area contributed by atoms with Gasteiger partial charge in [-0.3, -0.25) is 19.1 Å². The molecule has 0 saturated carbocycles. The van der Waals surface area contributed by atoms with E-state index in [1.807, 2.05) is 78.9 Å². The van der Waals surface area contributed by atoms with Crippen LogP contribution >= 0.6 is 0 Å². The summed E-state index contributed by atoms with van der Waals surface area (Å²) in [5.41, 5.74) is -2.51. The van der Waals surface area contributed by atoms with Crippen LogP contribution < -0.4 is 20.7 Å². The highest BCUT2D eigenvalue weighted by atomic mass is 16.6. The third kappa shape index (κ3) is 6.45. The van der Waals surface area contributed by atoms with E-state index in [2.05, 4.69) is 4.98 Å². The molecule has 3 aromatic carbocycles. The molecule has 0 unspecified atom stereocenters.